The number of unbranched alkanes of at least 4 members (excludes halogenated alkanes) is 12. The molecule has 0 unspecified atom stereocenters. The van der Waals surface area contributed by atoms with E-state index in [4.69, 9.17) is 14.0 Å². The molecule has 0 radical (unpaired) electrons. The zero-order valence-corrected chi connectivity index (χ0v) is 35.9. The first-order valence-corrected chi connectivity index (χ1v) is 21.8. The summed E-state index contributed by atoms with van der Waals surface area (Å²) in [5, 5.41) is 21.0. The van der Waals surface area contributed by atoms with Crippen molar-refractivity contribution in [2.24, 2.45) is 0 Å². The Morgan fingerprint density at radius 2 is 0.891 bits per heavy atom. The molecule has 296 valence electrons. The fraction of sp³-hybridized carbons (Fsp3) is 0.429. The van der Waals surface area contributed by atoms with Gasteiger partial charge < -0.3 is 24.2 Å². The van der Waals surface area contributed by atoms with Crippen molar-refractivity contribution >= 4 is 58.0 Å². The van der Waals surface area contributed by atoms with Gasteiger partial charge in [-0.3, -0.25) is 4.55 Å². The molecule has 0 saturated heterocycles. The van der Waals surface area contributed by atoms with Gasteiger partial charge in [0.25, 0.3) is 10.1 Å². The number of aromatic hydroxyl groups is 1. The quantitative estimate of drug-likeness (QED) is 0.0441. The Kier molecular flexibility index (Phi) is 22.3. The van der Waals surface area contributed by atoms with Crippen molar-refractivity contribution in [3.05, 3.63) is 96.1 Å². The van der Waals surface area contributed by atoms with E-state index in [9.17, 15) is 31.6 Å². The van der Waals surface area contributed by atoms with Crippen molar-refractivity contribution < 1.29 is 45.6 Å². The summed E-state index contributed by atoms with van der Waals surface area (Å²) in [6, 6.07) is 22.2. The van der Waals surface area contributed by atoms with Gasteiger partial charge in [-0.15, -0.1) is 0 Å². The maximum absolute atomic E-state index is 11.5. The van der Waals surface area contributed by atoms with Crippen LogP contribution in [0.25, 0.3) is 0 Å². The molecule has 4 rings (SSSR count). The van der Waals surface area contributed by atoms with Crippen molar-refractivity contribution in [2.45, 2.75) is 126 Å². The summed E-state index contributed by atoms with van der Waals surface area (Å²) in [5.74, 6) is 0.0953. The summed E-state index contributed by atoms with van der Waals surface area (Å²) in [6.07, 6.45) is 19.9. The molecule has 0 bridgehead atoms. The molecule has 0 aliphatic rings. The van der Waals surface area contributed by atoms with E-state index in [1.807, 2.05) is 36.4 Å². The fourth-order valence-corrected chi connectivity index (χ4v) is 6.98. The Labute approximate surface area is 357 Å². The van der Waals surface area contributed by atoms with Crippen LogP contribution in [0.1, 0.15) is 115 Å². The predicted octanol–water partition coefficient (Wildman–Crippen LogP) is 10.1. The predicted molar refractivity (Wildman–Crippen MR) is 214 cm³/mol. The molecule has 55 heavy (non-hydrogen) atoms. The first kappa shape index (κ1) is 48.3. The Bertz CT molecular complexity index is 1770. The summed E-state index contributed by atoms with van der Waals surface area (Å²) in [6.45, 7) is 4.44. The molecule has 2 N–H and O–H groups in total. The fourth-order valence-electron chi connectivity index (χ4n) is 5.80. The van der Waals surface area contributed by atoms with Gasteiger partial charge in [-0.2, -0.15) is 8.42 Å². The summed E-state index contributed by atoms with van der Waals surface area (Å²) >= 11 is 0. The van der Waals surface area contributed by atoms with E-state index in [1.165, 1.54) is 113 Å². The van der Waals surface area contributed by atoms with E-state index < -0.39 is 41.5 Å². The van der Waals surface area contributed by atoms with Crippen LogP contribution in [0.15, 0.2) is 94.7 Å². The molecule has 0 saturated carbocycles. The summed E-state index contributed by atoms with van der Waals surface area (Å²) < 4.78 is 76.1. The van der Waals surface area contributed by atoms with Crippen LogP contribution in [0.5, 0.6) is 34.5 Å². The monoisotopic (exact) mass is 822 g/mol. The standard InChI is InChI=1S/2C21H28O5S.Ca/c2*1-2-3-4-5-6-7-8-9-17-10-12-18(13-11-17)26-19-14-15-20(22)21(16-19)27(23,24)25;/h2*10-16,22H,2-9H2,1H3,(H,23,24,25);/q;;+2/p-2. The maximum atomic E-state index is 11.5. The first-order chi connectivity index (χ1) is 25.8. The van der Waals surface area contributed by atoms with Gasteiger partial charge in [0, 0.05) is 6.07 Å². The number of rotatable bonds is 22. The van der Waals surface area contributed by atoms with E-state index >= 15 is 0 Å². The van der Waals surface area contributed by atoms with Gasteiger partial charge in [-0.05, 0) is 85.3 Å². The number of phenolic OH excluding ortho intramolecular Hbond substituents is 1. The van der Waals surface area contributed by atoms with E-state index in [0.717, 1.165) is 37.5 Å². The summed E-state index contributed by atoms with van der Waals surface area (Å²) in [4.78, 5) is -1.37. The Morgan fingerprint density at radius 1 is 0.527 bits per heavy atom. The van der Waals surface area contributed by atoms with Gasteiger partial charge in [0.05, 0.1) is 4.90 Å². The normalized spacial score (nSPS) is 11.3. The molecular formula is C42H54CaO10S2. The first-order valence-electron chi connectivity index (χ1n) is 18.9. The zero-order chi connectivity index (χ0) is 39.4. The van der Waals surface area contributed by atoms with Crippen LogP contribution < -0.4 is 14.6 Å². The third kappa shape index (κ3) is 18.8. The SMILES string of the molecule is CCCCCCCCCc1ccc(Oc2ccc(O)c(S(=O)(=O)O)c2)cc1.CCCCCCCCCc1ccc(Oc2ccc([O-])c(S(=O)(=O)[O-])c2)cc1.[Ca+2]. The molecular weight excluding hydrogens is 769 g/mol. The Hall–Kier alpha value is -2.84. The van der Waals surface area contributed by atoms with Crippen molar-refractivity contribution in [1.29, 1.82) is 0 Å². The topological polar surface area (TPSA) is 173 Å². The molecule has 4 aromatic rings. The molecule has 0 atom stereocenters. The van der Waals surface area contributed by atoms with Crippen molar-refractivity contribution in [3.8, 4) is 34.5 Å². The number of ether oxygens (including phenoxy) is 2. The van der Waals surface area contributed by atoms with Crippen LogP contribution in [0.2, 0.25) is 0 Å². The number of benzene rings is 4. The average molecular weight is 823 g/mol. The van der Waals surface area contributed by atoms with Gasteiger partial charge >= 0.3 is 37.7 Å². The zero-order valence-electron chi connectivity index (χ0n) is 32.1. The average Bonchev–Trinajstić information content (AvgIpc) is 3.13. The van der Waals surface area contributed by atoms with E-state index in [1.54, 1.807) is 12.1 Å². The van der Waals surface area contributed by atoms with Crippen LogP contribution in [0, 0.1) is 0 Å². The van der Waals surface area contributed by atoms with E-state index in [-0.39, 0.29) is 49.2 Å². The van der Waals surface area contributed by atoms with E-state index in [2.05, 4.69) is 13.8 Å². The summed E-state index contributed by atoms with van der Waals surface area (Å²) in [5.41, 5.74) is 2.45. The minimum atomic E-state index is -4.82. The molecule has 0 amide bonds. The molecule has 13 heteroatoms. The number of aryl methyl sites for hydroxylation is 2. The van der Waals surface area contributed by atoms with Crippen molar-refractivity contribution in [1.82, 2.24) is 0 Å². The molecule has 0 spiro atoms. The maximum Gasteiger partial charge on any atom is 2.00 e. The second-order valence-electron chi connectivity index (χ2n) is 13.4. The van der Waals surface area contributed by atoms with Crippen molar-refractivity contribution in [2.75, 3.05) is 0 Å². The molecule has 0 heterocycles. The number of hydrogen-bond donors (Lipinski definition) is 2. The number of phenols is 1. The minimum Gasteiger partial charge on any atom is -0.872 e. The van der Waals surface area contributed by atoms with Crippen LogP contribution in [0.3, 0.4) is 0 Å². The van der Waals surface area contributed by atoms with Crippen LogP contribution >= 0.6 is 0 Å². The molecule has 4 aromatic carbocycles. The minimum absolute atomic E-state index is 0. The smallest absolute Gasteiger partial charge is 0.872 e. The van der Waals surface area contributed by atoms with Crippen molar-refractivity contribution in [3.63, 3.8) is 0 Å². The second kappa shape index (κ2) is 25.4. The molecule has 0 fully saturated rings. The van der Waals surface area contributed by atoms with Gasteiger partial charge in [-0.25, -0.2) is 8.42 Å². The second-order valence-corrected chi connectivity index (χ2v) is 16.1. The van der Waals surface area contributed by atoms with Gasteiger partial charge in [0.15, 0.2) is 0 Å². The molecule has 0 aliphatic heterocycles. The van der Waals surface area contributed by atoms with Crippen LogP contribution in [-0.4, -0.2) is 68.8 Å². The van der Waals surface area contributed by atoms with E-state index in [0.29, 0.717) is 11.5 Å². The molecule has 10 nitrogen and oxygen atoms in total. The largest absolute Gasteiger partial charge is 2.00 e. The third-order valence-electron chi connectivity index (χ3n) is 8.85. The Morgan fingerprint density at radius 3 is 1.29 bits per heavy atom. The summed E-state index contributed by atoms with van der Waals surface area (Å²) in [7, 11) is -9.32. The van der Waals surface area contributed by atoms with Gasteiger partial charge in [-0.1, -0.05) is 127 Å². The third-order valence-corrected chi connectivity index (χ3v) is 10.6. The van der Waals surface area contributed by atoms with Crippen LogP contribution in [0.4, 0.5) is 0 Å². The van der Waals surface area contributed by atoms with Crippen LogP contribution in [-0.2, 0) is 33.1 Å². The Balaban J connectivity index is 0.000000373. The number of hydrogen-bond acceptors (Lipinski definition) is 9. The molecule has 0 aromatic heterocycles. The van der Waals surface area contributed by atoms with Gasteiger partial charge in [0.1, 0.15) is 43.8 Å². The molecule has 0 aliphatic carbocycles. The van der Waals surface area contributed by atoms with Gasteiger partial charge in [0.2, 0.25) is 0 Å².